The van der Waals surface area contributed by atoms with Crippen molar-refractivity contribution in [1.29, 1.82) is 0 Å². The van der Waals surface area contributed by atoms with Crippen LogP contribution in [0.1, 0.15) is 98.3 Å². The fraction of sp³-hybridized carbons (Fsp3) is 1.00. The van der Waals surface area contributed by atoms with Crippen molar-refractivity contribution >= 4 is 0 Å². The van der Waals surface area contributed by atoms with Crippen LogP contribution in [0, 0.1) is 17.8 Å². The highest BCUT2D eigenvalue weighted by atomic mass is 16.3. The molecule has 0 aliphatic rings. The van der Waals surface area contributed by atoms with Gasteiger partial charge in [0, 0.05) is 6.61 Å². The Hall–Kier alpha value is -0.0400. The molecule has 0 bridgehead atoms. The van der Waals surface area contributed by atoms with Crippen LogP contribution in [-0.4, -0.2) is 11.7 Å². The van der Waals surface area contributed by atoms with E-state index in [2.05, 4.69) is 27.7 Å². The van der Waals surface area contributed by atoms with Gasteiger partial charge in [-0.05, 0) is 30.6 Å². The molecule has 0 amide bonds. The molecule has 0 radical (unpaired) electrons. The maximum Gasteiger partial charge on any atom is 0.0459 e. The lowest BCUT2D eigenvalue weighted by molar-refractivity contribution is 0.198. The molecule has 0 aliphatic carbocycles. The molecule has 0 spiro atoms. The molecule has 0 rings (SSSR count). The van der Waals surface area contributed by atoms with E-state index in [-0.39, 0.29) is 0 Å². The number of rotatable bonds is 14. The summed E-state index contributed by atoms with van der Waals surface area (Å²) in [6.07, 6.45) is 14.6. The van der Waals surface area contributed by atoms with Gasteiger partial charge in [0.25, 0.3) is 0 Å². The van der Waals surface area contributed by atoms with Crippen molar-refractivity contribution in [3.05, 3.63) is 0 Å². The maximum absolute atomic E-state index is 9.49. The summed E-state index contributed by atoms with van der Waals surface area (Å²) in [5, 5.41) is 9.49. The van der Waals surface area contributed by atoms with Gasteiger partial charge in [-0.15, -0.1) is 0 Å². The van der Waals surface area contributed by atoms with Crippen molar-refractivity contribution in [1.82, 2.24) is 0 Å². The summed E-state index contributed by atoms with van der Waals surface area (Å²) in [6, 6.07) is 0. The van der Waals surface area contributed by atoms with Crippen LogP contribution in [0.25, 0.3) is 0 Å². The molecule has 2 unspecified atom stereocenters. The summed E-state index contributed by atoms with van der Waals surface area (Å²) in [7, 11) is 0. The molecule has 20 heavy (non-hydrogen) atoms. The molecule has 0 aromatic heterocycles. The van der Waals surface area contributed by atoms with Crippen LogP contribution in [0.2, 0.25) is 0 Å². The van der Waals surface area contributed by atoms with E-state index >= 15 is 0 Å². The molecule has 0 saturated heterocycles. The van der Waals surface area contributed by atoms with Crippen LogP contribution >= 0.6 is 0 Å². The first kappa shape index (κ1) is 20.0. The summed E-state index contributed by atoms with van der Waals surface area (Å²) in [6.45, 7) is 9.66. The van der Waals surface area contributed by atoms with E-state index in [0.717, 1.165) is 11.8 Å². The van der Waals surface area contributed by atoms with E-state index in [0.29, 0.717) is 12.5 Å². The van der Waals surface area contributed by atoms with Crippen LogP contribution in [-0.2, 0) is 0 Å². The minimum Gasteiger partial charge on any atom is -0.396 e. The van der Waals surface area contributed by atoms with Crippen LogP contribution in [0.15, 0.2) is 0 Å². The van der Waals surface area contributed by atoms with E-state index in [1.54, 1.807) is 0 Å². The third-order valence-electron chi connectivity index (χ3n) is 4.52. The first-order valence-corrected chi connectivity index (χ1v) is 9.20. The summed E-state index contributed by atoms with van der Waals surface area (Å²) in [4.78, 5) is 0. The van der Waals surface area contributed by atoms with E-state index in [1.807, 2.05) is 0 Å². The zero-order valence-electron chi connectivity index (χ0n) is 14.7. The summed E-state index contributed by atoms with van der Waals surface area (Å²) >= 11 is 0. The summed E-state index contributed by atoms with van der Waals surface area (Å²) in [5.41, 5.74) is 0. The van der Waals surface area contributed by atoms with Gasteiger partial charge in [0.15, 0.2) is 0 Å². The Morgan fingerprint density at radius 1 is 0.700 bits per heavy atom. The second kappa shape index (κ2) is 13.9. The highest BCUT2D eigenvalue weighted by molar-refractivity contribution is 4.63. The standard InChI is InChI=1S/C19H40O/c1-5-6-7-8-9-13-19(16-20)15-14-18(4)12-10-11-17(2)3/h17-20H,5-16H2,1-4H3. The molecular weight excluding hydrogens is 244 g/mol. The highest BCUT2D eigenvalue weighted by Gasteiger charge is 2.10. The summed E-state index contributed by atoms with van der Waals surface area (Å²) in [5.74, 6) is 2.24. The van der Waals surface area contributed by atoms with Gasteiger partial charge in [0.2, 0.25) is 0 Å². The topological polar surface area (TPSA) is 20.2 Å². The molecule has 0 aliphatic heterocycles. The van der Waals surface area contributed by atoms with Crippen LogP contribution in [0.5, 0.6) is 0 Å². The number of aliphatic hydroxyl groups is 1. The second-order valence-corrected chi connectivity index (χ2v) is 7.26. The van der Waals surface area contributed by atoms with Gasteiger partial charge in [0.1, 0.15) is 0 Å². The number of hydrogen-bond acceptors (Lipinski definition) is 1. The fourth-order valence-electron chi connectivity index (χ4n) is 2.90. The smallest absolute Gasteiger partial charge is 0.0459 e. The van der Waals surface area contributed by atoms with E-state index in [4.69, 9.17) is 0 Å². The first-order valence-electron chi connectivity index (χ1n) is 9.20. The quantitative estimate of drug-likeness (QED) is 0.377. The Balaban J connectivity index is 3.56. The third kappa shape index (κ3) is 13.0. The van der Waals surface area contributed by atoms with Gasteiger partial charge < -0.3 is 5.11 Å². The lowest BCUT2D eigenvalue weighted by Gasteiger charge is -2.17. The van der Waals surface area contributed by atoms with E-state index in [9.17, 15) is 5.11 Å². The molecule has 1 heteroatoms. The molecule has 2 atom stereocenters. The fourth-order valence-corrected chi connectivity index (χ4v) is 2.90. The Kier molecular flexibility index (Phi) is 13.9. The van der Waals surface area contributed by atoms with Gasteiger partial charge in [-0.3, -0.25) is 0 Å². The van der Waals surface area contributed by atoms with Crippen molar-refractivity contribution in [2.75, 3.05) is 6.61 Å². The van der Waals surface area contributed by atoms with E-state index in [1.165, 1.54) is 70.6 Å². The lowest BCUT2D eigenvalue weighted by Crippen LogP contribution is -2.08. The predicted octanol–water partition coefficient (Wildman–Crippen LogP) is 6.20. The van der Waals surface area contributed by atoms with Crippen molar-refractivity contribution in [2.45, 2.75) is 98.3 Å². The lowest BCUT2D eigenvalue weighted by atomic mass is 9.90. The van der Waals surface area contributed by atoms with Gasteiger partial charge in [-0.1, -0.05) is 85.5 Å². The molecular formula is C19H40O. The molecule has 0 saturated carbocycles. The van der Waals surface area contributed by atoms with Gasteiger partial charge in [-0.25, -0.2) is 0 Å². The minimum absolute atomic E-state index is 0.395. The van der Waals surface area contributed by atoms with E-state index < -0.39 is 0 Å². The number of hydrogen-bond donors (Lipinski definition) is 1. The van der Waals surface area contributed by atoms with Crippen LogP contribution in [0.3, 0.4) is 0 Å². The zero-order chi connectivity index (χ0) is 15.2. The first-order chi connectivity index (χ1) is 9.60. The van der Waals surface area contributed by atoms with Crippen LogP contribution < -0.4 is 0 Å². The SMILES string of the molecule is CCCCCCCC(CO)CCC(C)CCCC(C)C. The zero-order valence-corrected chi connectivity index (χ0v) is 14.7. The number of unbranched alkanes of at least 4 members (excludes halogenated alkanes) is 4. The van der Waals surface area contributed by atoms with Crippen molar-refractivity contribution in [2.24, 2.45) is 17.8 Å². The predicted molar refractivity (Wildman–Crippen MR) is 91.0 cm³/mol. The van der Waals surface area contributed by atoms with Gasteiger partial charge >= 0.3 is 0 Å². The third-order valence-corrected chi connectivity index (χ3v) is 4.52. The van der Waals surface area contributed by atoms with Crippen molar-refractivity contribution in [3.63, 3.8) is 0 Å². The molecule has 1 nitrogen and oxygen atoms in total. The monoisotopic (exact) mass is 284 g/mol. The molecule has 0 aromatic rings. The van der Waals surface area contributed by atoms with Crippen molar-refractivity contribution < 1.29 is 5.11 Å². The van der Waals surface area contributed by atoms with Crippen molar-refractivity contribution in [3.8, 4) is 0 Å². The summed E-state index contributed by atoms with van der Waals surface area (Å²) < 4.78 is 0. The molecule has 0 fully saturated rings. The highest BCUT2D eigenvalue weighted by Crippen LogP contribution is 2.22. The van der Waals surface area contributed by atoms with Crippen LogP contribution in [0.4, 0.5) is 0 Å². The minimum atomic E-state index is 0.395. The molecule has 0 aromatic carbocycles. The van der Waals surface area contributed by atoms with Gasteiger partial charge in [0.05, 0.1) is 0 Å². The molecule has 0 heterocycles. The average Bonchev–Trinajstić information content (AvgIpc) is 2.41. The second-order valence-electron chi connectivity index (χ2n) is 7.26. The Morgan fingerprint density at radius 3 is 2.00 bits per heavy atom. The Labute approximate surface area is 128 Å². The normalized spacial score (nSPS) is 14.7. The van der Waals surface area contributed by atoms with Gasteiger partial charge in [-0.2, -0.15) is 0 Å². The largest absolute Gasteiger partial charge is 0.396 e. The number of aliphatic hydroxyl groups excluding tert-OH is 1. The Bertz CT molecular complexity index is 188. The Morgan fingerprint density at radius 2 is 1.40 bits per heavy atom. The molecule has 122 valence electrons. The molecule has 1 N–H and O–H groups in total. The maximum atomic E-state index is 9.49. The average molecular weight is 285 g/mol.